The van der Waals surface area contributed by atoms with Gasteiger partial charge in [0, 0.05) is 4.83 Å². The molecule has 10 heavy (non-hydrogen) atoms. The van der Waals surface area contributed by atoms with E-state index in [2.05, 4.69) is 15.9 Å². The lowest BCUT2D eigenvalue weighted by Crippen LogP contribution is -2.19. The first-order valence-corrected chi connectivity index (χ1v) is 4.12. The molecule has 0 N–H and O–H groups in total. The minimum Gasteiger partial charge on any atom is -0.171 e. The zero-order valence-electron chi connectivity index (χ0n) is 5.29. The highest BCUT2D eigenvalue weighted by atomic mass is 79.9. The van der Waals surface area contributed by atoms with E-state index in [9.17, 15) is 13.2 Å². The number of hydrogen-bond acceptors (Lipinski definition) is 0. The fraction of sp³-hybridized carbons (Fsp3) is 1.00. The highest BCUT2D eigenvalue weighted by Gasteiger charge is 2.43. The Labute approximate surface area is 65.9 Å². The predicted octanol–water partition coefficient (Wildman–Crippen LogP) is 3.11. The van der Waals surface area contributed by atoms with Crippen LogP contribution in [0.15, 0.2) is 0 Å². The van der Waals surface area contributed by atoms with Gasteiger partial charge in [0.2, 0.25) is 0 Å². The van der Waals surface area contributed by atoms with E-state index in [-0.39, 0.29) is 11.2 Å². The first kappa shape index (κ1) is 8.37. The Kier molecular flexibility index (Phi) is 2.28. The SMILES string of the molecule is FC(F)(F)[C@H]1CC[C@H](Br)C1. The quantitative estimate of drug-likeness (QED) is 0.547. The first-order chi connectivity index (χ1) is 4.50. The Hall–Kier alpha value is 0.270. The van der Waals surface area contributed by atoms with E-state index in [0.717, 1.165) is 0 Å². The van der Waals surface area contributed by atoms with Gasteiger partial charge in [-0.05, 0) is 19.3 Å². The van der Waals surface area contributed by atoms with E-state index in [0.29, 0.717) is 12.8 Å². The summed E-state index contributed by atoms with van der Waals surface area (Å²) in [6, 6.07) is 0. The molecule has 60 valence electrons. The molecule has 0 radical (unpaired) electrons. The van der Waals surface area contributed by atoms with Gasteiger partial charge in [0.15, 0.2) is 0 Å². The summed E-state index contributed by atoms with van der Waals surface area (Å²) in [6.45, 7) is 0. The molecule has 1 aliphatic rings. The molecule has 1 fully saturated rings. The molecule has 2 atom stereocenters. The van der Waals surface area contributed by atoms with Crippen molar-refractivity contribution in [2.24, 2.45) is 5.92 Å². The zero-order chi connectivity index (χ0) is 7.78. The Balaban J connectivity index is 2.45. The summed E-state index contributed by atoms with van der Waals surface area (Å²) in [6.07, 6.45) is -2.77. The average molecular weight is 217 g/mol. The normalized spacial score (nSPS) is 34.8. The van der Waals surface area contributed by atoms with Crippen molar-refractivity contribution >= 4 is 15.9 Å². The van der Waals surface area contributed by atoms with E-state index in [1.54, 1.807) is 0 Å². The Morgan fingerprint density at radius 2 is 1.80 bits per heavy atom. The molecule has 1 rings (SSSR count). The van der Waals surface area contributed by atoms with Crippen molar-refractivity contribution in [1.29, 1.82) is 0 Å². The summed E-state index contributed by atoms with van der Waals surface area (Å²) in [5, 5.41) is 0. The topological polar surface area (TPSA) is 0 Å². The van der Waals surface area contributed by atoms with Crippen molar-refractivity contribution in [3.63, 3.8) is 0 Å². The van der Waals surface area contributed by atoms with Crippen LogP contribution in [0, 0.1) is 5.92 Å². The van der Waals surface area contributed by atoms with Crippen molar-refractivity contribution in [3.05, 3.63) is 0 Å². The molecule has 0 aromatic carbocycles. The van der Waals surface area contributed by atoms with Gasteiger partial charge in [0.05, 0.1) is 5.92 Å². The molecule has 0 aromatic rings. The second-order valence-electron chi connectivity index (χ2n) is 2.65. The van der Waals surface area contributed by atoms with Gasteiger partial charge in [-0.15, -0.1) is 0 Å². The van der Waals surface area contributed by atoms with Crippen molar-refractivity contribution in [1.82, 2.24) is 0 Å². The van der Waals surface area contributed by atoms with Gasteiger partial charge in [-0.3, -0.25) is 0 Å². The number of rotatable bonds is 0. The molecular weight excluding hydrogens is 209 g/mol. The standard InChI is InChI=1S/C6H8BrF3/c7-5-2-1-4(3-5)6(8,9)10/h4-5H,1-3H2/t4-,5-/m0/s1. The molecule has 0 bridgehead atoms. The molecule has 0 amide bonds. The number of hydrogen-bond donors (Lipinski definition) is 0. The van der Waals surface area contributed by atoms with Crippen LogP contribution in [0.1, 0.15) is 19.3 Å². The van der Waals surface area contributed by atoms with Crippen LogP contribution in [-0.4, -0.2) is 11.0 Å². The lowest BCUT2D eigenvalue weighted by molar-refractivity contribution is -0.172. The zero-order valence-corrected chi connectivity index (χ0v) is 6.87. The van der Waals surface area contributed by atoms with Gasteiger partial charge < -0.3 is 0 Å². The summed E-state index contributed by atoms with van der Waals surface area (Å²) in [5.74, 6) is -1.06. The van der Waals surface area contributed by atoms with Crippen molar-refractivity contribution in [2.45, 2.75) is 30.3 Å². The van der Waals surface area contributed by atoms with Crippen LogP contribution in [0.25, 0.3) is 0 Å². The highest BCUT2D eigenvalue weighted by molar-refractivity contribution is 9.09. The third kappa shape index (κ3) is 1.87. The second kappa shape index (κ2) is 2.72. The van der Waals surface area contributed by atoms with Crippen LogP contribution in [-0.2, 0) is 0 Å². The van der Waals surface area contributed by atoms with E-state index < -0.39 is 12.1 Å². The van der Waals surface area contributed by atoms with Crippen molar-refractivity contribution in [3.8, 4) is 0 Å². The maximum absolute atomic E-state index is 11.9. The smallest absolute Gasteiger partial charge is 0.171 e. The van der Waals surface area contributed by atoms with Crippen LogP contribution >= 0.6 is 15.9 Å². The van der Waals surface area contributed by atoms with Crippen LogP contribution in [0.5, 0.6) is 0 Å². The van der Waals surface area contributed by atoms with Gasteiger partial charge in [-0.1, -0.05) is 15.9 Å². The Morgan fingerprint density at radius 3 is 2.00 bits per heavy atom. The Morgan fingerprint density at radius 1 is 1.20 bits per heavy atom. The molecule has 0 spiro atoms. The maximum Gasteiger partial charge on any atom is 0.391 e. The molecule has 0 saturated heterocycles. The lowest BCUT2D eigenvalue weighted by Gasteiger charge is -2.12. The van der Waals surface area contributed by atoms with Gasteiger partial charge >= 0.3 is 6.18 Å². The molecule has 0 heterocycles. The lowest BCUT2D eigenvalue weighted by atomic mass is 10.1. The van der Waals surface area contributed by atoms with Crippen LogP contribution < -0.4 is 0 Å². The van der Waals surface area contributed by atoms with E-state index in [1.165, 1.54) is 0 Å². The fourth-order valence-corrected chi connectivity index (χ4v) is 1.94. The maximum atomic E-state index is 11.9. The molecule has 0 unspecified atom stereocenters. The summed E-state index contributed by atoms with van der Waals surface area (Å²) >= 11 is 3.17. The van der Waals surface area contributed by atoms with Gasteiger partial charge in [0.25, 0.3) is 0 Å². The molecule has 1 saturated carbocycles. The minimum atomic E-state index is -3.97. The molecule has 0 aliphatic heterocycles. The first-order valence-electron chi connectivity index (χ1n) is 3.21. The largest absolute Gasteiger partial charge is 0.391 e. The number of alkyl halides is 4. The highest BCUT2D eigenvalue weighted by Crippen LogP contribution is 2.41. The minimum absolute atomic E-state index is 0.0825. The second-order valence-corrected chi connectivity index (χ2v) is 3.94. The van der Waals surface area contributed by atoms with Crippen LogP contribution in [0.3, 0.4) is 0 Å². The summed E-state index contributed by atoms with van der Waals surface area (Å²) in [7, 11) is 0. The van der Waals surface area contributed by atoms with E-state index >= 15 is 0 Å². The van der Waals surface area contributed by atoms with Gasteiger partial charge in [-0.2, -0.15) is 13.2 Å². The molecule has 1 aliphatic carbocycles. The van der Waals surface area contributed by atoms with Crippen LogP contribution in [0.4, 0.5) is 13.2 Å². The Bertz CT molecular complexity index is 121. The summed E-state index contributed by atoms with van der Waals surface area (Å²) in [5.41, 5.74) is 0. The predicted molar refractivity (Wildman–Crippen MR) is 36.1 cm³/mol. The summed E-state index contributed by atoms with van der Waals surface area (Å²) in [4.78, 5) is 0.0825. The molecule has 0 nitrogen and oxygen atoms in total. The monoisotopic (exact) mass is 216 g/mol. The fourth-order valence-electron chi connectivity index (χ4n) is 1.22. The third-order valence-electron chi connectivity index (χ3n) is 1.83. The van der Waals surface area contributed by atoms with E-state index in [1.807, 2.05) is 0 Å². The van der Waals surface area contributed by atoms with Gasteiger partial charge in [0.1, 0.15) is 0 Å². The van der Waals surface area contributed by atoms with Crippen molar-refractivity contribution < 1.29 is 13.2 Å². The van der Waals surface area contributed by atoms with Gasteiger partial charge in [-0.25, -0.2) is 0 Å². The number of halogens is 4. The molecule has 4 heteroatoms. The molecular formula is C6H8BrF3. The average Bonchev–Trinajstić information content (AvgIpc) is 2.11. The molecule has 0 aromatic heterocycles. The van der Waals surface area contributed by atoms with E-state index in [4.69, 9.17) is 0 Å². The van der Waals surface area contributed by atoms with Crippen LogP contribution in [0.2, 0.25) is 0 Å². The van der Waals surface area contributed by atoms with Crippen molar-refractivity contribution in [2.75, 3.05) is 0 Å². The third-order valence-corrected chi connectivity index (χ3v) is 2.66. The summed E-state index contributed by atoms with van der Waals surface area (Å²) < 4.78 is 35.7.